The normalized spacial score (nSPS) is 10.9. The molecule has 5 heteroatoms. The maximum Gasteiger partial charge on any atom is 0.238 e. The van der Waals surface area contributed by atoms with Crippen LogP contribution in [0.1, 0.15) is 16.7 Å². The third-order valence-corrected chi connectivity index (χ3v) is 3.13. The Balaban J connectivity index is 1.88. The van der Waals surface area contributed by atoms with Crippen molar-refractivity contribution in [1.82, 2.24) is 14.7 Å². The van der Waals surface area contributed by atoms with Crippen LogP contribution in [0.5, 0.6) is 0 Å². The molecule has 1 amide bonds. The first kappa shape index (κ1) is 15.3. The van der Waals surface area contributed by atoms with E-state index in [1.54, 1.807) is 4.68 Å². The van der Waals surface area contributed by atoms with Crippen LogP contribution in [0.25, 0.3) is 0 Å². The Labute approximate surface area is 125 Å². The van der Waals surface area contributed by atoms with Gasteiger partial charge in [-0.05, 0) is 44.2 Å². The van der Waals surface area contributed by atoms with E-state index in [-0.39, 0.29) is 5.91 Å². The van der Waals surface area contributed by atoms with Crippen LogP contribution in [0.15, 0.2) is 30.6 Å². The van der Waals surface area contributed by atoms with Crippen molar-refractivity contribution in [3.63, 3.8) is 0 Å². The van der Waals surface area contributed by atoms with Gasteiger partial charge in [0.15, 0.2) is 0 Å². The molecule has 5 nitrogen and oxygen atoms in total. The fourth-order valence-electron chi connectivity index (χ4n) is 2.41. The van der Waals surface area contributed by atoms with Gasteiger partial charge in [0.25, 0.3) is 0 Å². The summed E-state index contributed by atoms with van der Waals surface area (Å²) in [4.78, 5) is 14.0. The minimum Gasteiger partial charge on any atom is -0.325 e. The van der Waals surface area contributed by atoms with E-state index in [9.17, 15) is 4.79 Å². The zero-order chi connectivity index (χ0) is 15.4. The predicted molar refractivity (Wildman–Crippen MR) is 84.1 cm³/mol. The van der Waals surface area contributed by atoms with Crippen molar-refractivity contribution in [3.8, 4) is 0 Å². The summed E-state index contributed by atoms with van der Waals surface area (Å²) in [7, 11) is 3.81. The molecule has 1 N–H and O–H groups in total. The molecule has 1 aromatic carbocycles. The van der Waals surface area contributed by atoms with Crippen LogP contribution in [0.4, 0.5) is 5.69 Å². The highest BCUT2D eigenvalue weighted by Gasteiger charge is 2.09. The first-order valence-corrected chi connectivity index (χ1v) is 6.96. The van der Waals surface area contributed by atoms with Gasteiger partial charge in [0, 0.05) is 31.0 Å². The fraction of sp³-hybridized carbons (Fsp3) is 0.375. The number of amides is 1. The molecule has 0 aliphatic rings. The zero-order valence-electron chi connectivity index (χ0n) is 13.1. The average molecular weight is 286 g/mol. The van der Waals surface area contributed by atoms with Crippen molar-refractivity contribution in [3.05, 3.63) is 47.3 Å². The Bertz CT molecular complexity index is 613. The zero-order valence-corrected chi connectivity index (χ0v) is 13.1. The molecule has 0 radical (unpaired) electrons. The summed E-state index contributed by atoms with van der Waals surface area (Å²) in [5.74, 6) is -0.00797. The lowest BCUT2D eigenvalue weighted by Crippen LogP contribution is -2.29. The number of rotatable bonds is 5. The van der Waals surface area contributed by atoms with Crippen LogP contribution in [0.3, 0.4) is 0 Å². The fourth-order valence-corrected chi connectivity index (χ4v) is 2.41. The van der Waals surface area contributed by atoms with Gasteiger partial charge in [-0.25, -0.2) is 0 Å². The number of carbonyl (C=O) groups is 1. The predicted octanol–water partition coefficient (Wildman–Crippen LogP) is 2.11. The van der Waals surface area contributed by atoms with Crippen LogP contribution < -0.4 is 5.32 Å². The number of aromatic nitrogens is 2. The Morgan fingerprint density at radius 2 is 1.95 bits per heavy atom. The van der Waals surface area contributed by atoms with Crippen molar-refractivity contribution < 1.29 is 4.79 Å². The van der Waals surface area contributed by atoms with Crippen molar-refractivity contribution in [1.29, 1.82) is 0 Å². The van der Waals surface area contributed by atoms with Crippen molar-refractivity contribution in [2.24, 2.45) is 7.05 Å². The minimum atomic E-state index is -0.00797. The summed E-state index contributed by atoms with van der Waals surface area (Å²) in [6.07, 6.45) is 3.77. The highest BCUT2D eigenvalue weighted by Crippen LogP contribution is 2.13. The monoisotopic (exact) mass is 286 g/mol. The van der Waals surface area contributed by atoms with Gasteiger partial charge in [0.05, 0.1) is 12.7 Å². The molecule has 21 heavy (non-hydrogen) atoms. The second-order valence-corrected chi connectivity index (χ2v) is 5.62. The van der Waals surface area contributed by atoms with E-state index >= 15 is 0 Å². The molecule has 0 aliphatic carbocycles. The maximum absolute atomic E-state index is 12.1. The standard InChI is InChI=1S/C16H22N4O/c1-12-5-13(2)7-15(6-12)18-16(21)11-19(3)9-14-8-17-20(4)10-14/h5-8,10H,9,11H2,1-4H3,(H,18,21). The van der Waals surface area contributed by atoms with Crippen LogP contribution in [0, 0.1) is 13.8 Å². The minimum absolute atomic E-state index is 0.00797. The SMILES string of the molecule is Cc1cc(C)cc(NC(=O)CN(C)Cc2cnn(C)c2)c1. The maximum atomic E-state index is 12.1. The Morgan fingerprint density at radius 1 is 1.29 bits per heavy atom. The number of benzene rings is 1. The Morgan fingerprint density at radius 3 is 2.52 bits per heavy atom. The van der Waals surface area contributed by atoms with Gasteiger partial charge in [0.2, 0.25) is 5.91 Å². The lowest BCUT2D eigenvalue weighted by Gasteiger charge is -2.15. The van der Waals surface area contributed by atoms with Crippen molar-refractivity contribution >= 4 is 11.6 Å². The topological polar surface area (TPSA) is 50.2 Å². The third-order valence-electron chi connectivity index (χ3n) is 3.13. The molecule has 0 spiro atoms. The van der Waals surface area contributed by atoms with Crippen LogP contribution >= 0.6 is 0 Å². The van der Waals surface area contributed by atoms with Gasteiger partial charge in [-0.3, -0.25) is 14.4 Å². The van der Waals surface area contributed by atoms with Gasteiger partial charge in [-0.1, -0.05) is 6.07 Å². The first-order valence-electron chi connectivity index (χ1n) is 6.96. The van der Waals surface area contributed by atoms with Gasteiger partial charge in [-0.15, -0.1) is 0 Å². The van der Waals surface area contributed by atoms with E-state index in [1.807, 2.05) is 57.4 Å². The molecular weight excluding hydrogens is 264 g/mol. The van der Waals surface area contributed by atoms with Gasteiger partial charge >= 0.3 is 0 Å². The number of carbonyl (C=O) groups excluding carboxylic acids is 1. The summed E-state index contributed by atoms with van der Waals surface area (Å²) < 4.78 is 1.76. The number of anilines is 1. The van der Waals surface area contributed by atoms with Crippen molar-refractivity contribution in [2.45, 2.75) is 20.4 Å². The molecule has 1 aromatic heterocycles. The van der Waals surface area contributed by atoms with Crippen molar-refractivity contribution in [2.75, 3.05) is 18.9 Å². The second-order valence-electron chi connectivity index (χ2n) is 5.62. The molecule has 1 heterocycles. The third kappa shape index (κ3) is 4.72. The van der Waals surface area contributed by atoms with E-state index in [1.165, 1.54) is 0 Å². The quantitative estimate of drug-likeness (QED) is 0.916. The molecule has 2 rings (SSSR count). The number of likely N-dealkylation sites (N-methyl/N-ethyl adjacent to an activating group) is 1. The van der Waals surface area contributed by atoms with Gasteiger partial charge in [0.1, 0.15) is 0 Å². The summed E-state index contributed by atoms with van der Waals surface area (Å²) in [5, 5.41) is 7.07. The highest BCUT2D eigenvalue weighted by molar-refractivity contribution is 5.92. The second kappa shape index (κ2) is 6.54. The average Bonchev–Trinajstić information content (AvgIpc) is 2.72. The Hall–Kier alpha value is -2.14. The molecule has 0 bridgehead atoms. The van der Waals surface area contributed by atoms with Crippen LogP contribution in [-0.2, 0) is 18.4 Å². The van der Waals surface area contributed by atoms with Gasteiger partial charge < -0.3 is 5.32 Å². The molecule has 0 saturated heterocycles. The lowest BCUT2D eigenvalue weighted by molar-refractivity contribution is -0.117. The van der Waals surface area contributed by atoms with E-state index in [4.69, 9.17) is 0 Å². The van der Waals surface area contributed by atoms with Crippen LogP contribution in [-0.4, -0.2) is 34.2 Å². The number of hydrogen-bond acceptors (Lipinski definition) is 3. The molecular formula is C16H22N4O. The summed E-state index contributed by atoms with van der Waals surface area (Å²) >= 11 is 0. The summed E-state index contributed by atoms with van der Waals surface area (Å²) in [5.41, 5.74) is 4.24. The molecule has 2 aromatic rings. The van der Waals surface area contributed by atoms with E-state index in [2.05, 4.69) is 16.5 Å². The summed E-state index contributed by atoms with van der Waals surface area (Å²) in [6, 6.07) is 6.04. The largest absolute Gasteiger partial charge is 0.325 e. The number of aryl methyl sites for hydroxylation is 3. The first-order chi connectivity index (χ1) is 9.92. The number of hydrogen-bond donors (Lipinski definition) is 1. The van der Waals surface area contributed by atoms with Gasteiger partial charge in [-0.2, -0.15) is 5.10 Å². The molecule has 0 aliphatic heterocycles. The highest BCUT2D eigenvalue weighted by atomic mass is 16.2. The van der Waals surface area contributed by atoms with E-state index < -0.39 is 0 Å². The van der Waals surface area contributed by atoms with E-state index in [0.29, 0.717) is 13.1 Å². The van der Waals surface area contributed by atoms with E-state index in [0.717, 1.165) is 22.4 Å². The molecule has 0 atom stereocenters. The molecule has 0 fully saturated rings. The molecule has 0 unspecified atom stereocenters. The number of nitrogens with one attached hydrogen (secondary N) is 1. The molecule has 112 valence electrons. The lowest BCUT2D eigenvalue weighted by atomic mass is 10.1. The summed E-state index contributed by atoms with van der Waals surface area (Å²) in [6.45, 7) is 5.10. The Kier molecular flexibility index (Phi) is 4.75. The molecule has 0 saturated carbocycles. The smallest absolute Gasteiger partial charge is 0.238 e. The number of nitrogens with zero attached hydrogens (tertiary/aromatic N) is 3. The van der Waals surface area contributed by atoms with Crippen LogP contribution in [0.2, 0.25) is 0 Å².